The minimum absolute atomic E-state index is 0.0511. The molecule has 2 aromatic carbocycles. The summed E-state index contributed by atoms with van der Waals surface area (Å²) >= 11 is 3.64. The van der Waals surface area contributed by atoms with Crippen LogP contribution < -0.4 is 0 Å². The third-order valence-corrected chi connectivity index (χ3v) is 6.45. The lowest BCUT2D eigenvalue weighted by molar-refractivity contribution is -0.141. The quantitative estimate of drug-likeness (QED) is 0.222. The van der Waals surface area contributed by atoms with E-state index in [0.717, 1.165) is 21.2 Å². The zero-order valence-electron chi connectivity index (χ0n) is 19.1. The van der Waals surface area contributed by atoms with Gasteiger partial charge in [0.05, 0.1) is 22.4 Å². The van der Waals surface area contributed by atoms with Crippen LogP contribution >= 0.6 is 15.9 Å². The molecule has 0 atom stereocenters. The van der Waals surface area contributed by atoms with Gasteiger partial charge in [0, 0.05) is 24.1 Å². The summed E-state index contributed by atoms with van der Waals surface area (Å²) in [6.45, 7) is 12.6. The molecule has 0 radical (unpaired) electrons. The molecule has 0 aliphatic heterocycles. The Balaban J connectivity index is 2.05. The van der Waals surface area contributed by atoms with Gasteiger partial charge < -0.3 is 0 Å². The van der Waals surface area contributed by atoms with Crippen LogP contribution in [0.25, 0.3) is 22.5 Å². The van der Waals surface area contributed by atoms with Gasteiger partial charge >= 0.3 is 6.18 Å². The molecule has 4 aromatic rings. The number of alkyl halides is 3. The number of imidazole rings is 2. The first-order chi connectivity index (χ1) is 16.2. The van der Waals surface area contributed by atoms with Crippen LogP contribution in [0.5, 0.6) is 0 Å². The van der Waals surface area contributed by atoms with Crippen LogP contribution in [0.1, 0.15) is 36.7 Å². The van der Waals surface area contributed by atoms with E-state index in [9.17, 15) is 13.2 Å². The number of halogens is 4. The third kappa shape index (κ3) is 4.32. The Morgan fingerprint density at radius 1 is 1.06 bits per heavy atom. The molecule has 2 aromatic heterocycles. The Hall–Kier alpha value is -2.84. The lowest BCUT2D eigenvalue weighted by Crippen LogP contribution is -2.25. The molecule has 0 saturated heterocycles. The predicted octanol–water partition coefficient (Wildman–Crippen LogP) is 7.36. The first kappa shape index (κ1) is 24.3. The zero-order valence-corrected chi connectivity index (χ0v) is 20.7. The van der Waals surface area contributed by atoms with Crippen molar-refractivity contribution in [1.29, 1.82) is 0 Å². The fourth-order valence-corrected chi connectivity index (χ4v) is 4.82. The van der Waals surface area contributed by atoms with Crippen molar-refractivity contribution in [2.24, 2.45) is 0 Å². The fraction of sp³-hybridized carbons (Fsp3) is 0.269. The van der Waals surface area contributed by atoms with Crippen LogP contribution in [0.3, 0.4) is 0 Å². The van der Waals surface area contributed by atoms with E-state index in [1.807, 2.05) is 47.4 Å². The molecule has 0 saturated carbocycles. The van der Waals surface area contributed by atoms with E-state index in [1.165, 1.54) is 0 Å². The highest BCUT2D eigenvalue weighted by atomic mass is 79.9. The molecule has 8 heteroatoms. The molecule has 4 rings (SSSR count). The van der Waals surface area contributed by atoms with Crippen LogP contribution in [0.15, 0.2) is 72.2 Å². The average Bonchev–Trinajstić information content (AvgIpc) is 3.29. The normalized spacial score (nSPS) is 12.4. The minimum Gasteiger partial charge on any atom is -0.290 e. The van der Waals surface area contributed by atoms with Gasteiger partial charge in [-0.15, -0.1) is 13.2 Å². The van der Waals surface area contributed by atoms with E-state index in [2.05, 4.69) is 47.9 Å². The molecule has 2 heterocycles. The van der Waals surface area contributed by atoms with Gasteiger partial charge in [-0.1, -0.05) is 44.2 Å². The Bertz CT molecular complexity index is 1350. The molecule has 34 heavy (non-hydrogen) atoms. The van der Waals surface area contributed by atoms with Crippen molar-refractivity contribution in [3.63, 3.8) is 0 Å². The second kappa shape index (κ2) is 9.43. The lowest BCUT2D eigenvalue weighted by Gasteiger charge is -2.19. The summed E-state index contributed by atoms with van der Waals surface area (Å²) < 4.78 is 46.8. The van der Waals surface area contributed by atoms with Crippen molar-refractivity contribution < 1.29 is 13.2 Å². The van der Waals surface area contributed by atoms with Gasteiger partial charge in [0.25, 0.3) is 0 Å². The largest absolute Gasteiger partial charge is 0.435 e. The second-order valence-electron chi connectivity index (χ2n) is 8.50. The Kier molecular flexibility index (Phi) is 6.73. The number of rotatable bonds is 8. The zero-order chi connectivity index (χ0) is 24.6. The minimum atomic E-state index is -4.60. The monoisotopic (exact) mass is 530 g/mol. The van der Waals surface area contributed by atoms with Gasteiger partial charge in [-0.25, -0.2) is 4.98 Å². The molecule has 0 fully saturated rings. The van der Waals surface area contributed by atoms with Crippen LogP contribution in [0.2, 0.25) is 0 Å². The van der Waals surface area contributed by atoms with Crippen LogP contribution in [0.4, 0.5) is 13.2 Å². The van der Waals surface area contributed by atoms with E-state index < -0.39 is 11.9 Å². The maximum absolute atomic E-state index is 14.2. The summed E-state index contributed by atoms with van der Waals surface area (Å²) in [6.07, 6.45) is -1.25. The number of benzene rings is 2. The molecular formula is C26H26BrF3N4. The molecule has 4 nitrogen and oxygen atoms in total. The van der Waals surface area contributed by atoms with E-state index in [4.69, 9.17) is 0 Å². The number of aromatic nitrogens is 3. The molecule has 0 unspecified atom stereocenters. The summed E-state index contributed by atoms with van der Waals surface area (Å²) in [5.41, 5.74) is 2.51. The number of hydrogen-bond donors (Lipinski definition) is 0. The molecule has 0 N–H and O–H groups in total. The SMILES string of the molecule is C=CCN(CC=C)Cc1c(C(F)(F)F)nc2n(-c3ccc(C(C)C)cc3Br)c3ccccc3n12. The summed E-state index contributed by atoms with van der Waals surface area (Å²) in [4.78, 5) is 6.02. The van der Waals surface area contributed by atoms with Gasteiger partial charge in [-0.2, -0.15) is 13.2 Å². The summed E-state index contributed by atoms with van der Waals surface area (Å²) in [5, 5.41) is 0. The Morgan fingerprint density at radius 3 is 2.26 bits per heavy atom. The highest BCUT2D eigenvalue weighted by Crippen LogP contribution is 2.37. The summed E-state index contributed by atoms with van der Waals surface area (Å²) in [7, 11) is 0. The van der Waals surface area contributed by atoms with Gasteiger partial charge in [0.2, 0.25) is 5.78 Å². The van der Waals surface area contributed by atoms with Crippen molar-refractivity contribution in [3.8, 4) is 5.69 Å². The van der Waals surface area contributed by atoms with Gasteiger partial charge in [-0.3, -0.25) is 13.9 Å². The van der Waals surface area contributed by atoms with Crippen LogP contribution in [0, 0.1) is 0 Å². The second-order valence-corrected chi connectivity index (χ2v) is 9.36. The first-order valence-corrected chi connectivity index (χ1v) is 11.8. The van der Waals surface area contributed by atoms with Crippen molar-refractivity contribution in [3.05, 3.63) is 89.2 Å². The molecule has 0 amide bonds. The Labute approximate surface area is 205 Å². The summed E-state index contributed by atoms with van der Waals surface area (Å²) in [6, 6.07) is 13.4. The van der Waals surface area contributed by atoms with Gasteiger partial charge in [-0.05, 0) is 51.7 Å². The molecule has 0 aliphatic rings. The van der Waals surface area contributed by atoms with Gasteiger partial charge in [0.1, 0.15) is 0 Å². The topological polar surface area (TPSA) is 25.5 Å². The highest BCUT2D eigenvalue weighted by molar-refractivity contribution is 9.10. The standard InChI is InChI=1S/C26H26BrF3N4/c1-5-13-32(14-6-2)16-23-24(26(28,29)30)31-25-33(21-9-7-8-10-22(21)34(23)25)20-12-11-18(17(3)4)15-19(20)27/h5-12,15,17H,1-2,13-14,16H2,3-4H3. The van der Waals surface area contributed by atoms with Gasteiger partial charge in [0.15, 0.2) is 5.69 Å². The van der Waals surface area contributed by atoms with E-state index >= 15 is 0 Å². The number of fused-ring (bicyclic) bond motifs is 3. The first-order valence-electron chi connectivity index (χ1n) is 11.0. The molecule has 0 bridgehead atoms. The van der Waals surface area contributed by atoms with Crippen LogP contribution in [-0.2, 0) is 12.7 Å². The van der Waals surface area contributed by atoms with Crippen molar-refractivity contribution in [2.75, 3.05) is 13.1 Å². The van der Waals surface area contributed by atoms with E-state index in [0.29, 0.717) is 24.5 Å². The maximum Gasteiger partial charge on any atom is 0.435 e. The van der Waals surface area contributed by atoms with Crippen molar-refractivity contribution >= 4 is 32.7 Å². The van der Waals surface area contributed by atoms with E-state index in [1.54, 1.807) is 21.1 Å². The average molecular weight is 531 g/mol. The summed E-state index contributed by atoms with van der Waals surface area (Å²) in [5.74, 6) is 0.543. The molecule has 0 spiro atoms. The van der Waals surface area contributed by atoms with Crippen LogP contribution in [-0.4, -0.2) is 31.9 Å². The maximum atomic E-state index is 14.2. The number of nitrogens with zero attached hydrogens (tertiary/aromatic N) is 4. The third-order valence-electron chi connectivity index (χ3n) is 5.81. The van der Waals surface area contributed by atoms with Crippen molar-refractivity contribution in [2.45, 2.75) is 32.5 Å². The lowest BCUT2D eigenvalue weighted by atomic mass is 10.0. The Morgan fingerprint density at radius 2 is 1.71 bits per heavy atom. The predicted molar refractivity (Wildman–Crippen MR) is 134 cm³/mol. The molecular weight excluding hydrogens is 505 g/mol. The van der Waals surface area contributed by atoms with Crippen molar-refractivity contribution in [1.82, 2.24) is 18.9 Å². The van der Waals surface area contributed by atoms with E-state index in [-0.39, 0.29) is 18.0 Å². The molecule has 178 valence electrons. The fourth-order valence-electron chi connectivity index (χ4n) is 4.25. The number of hydrogen-bond acceptors (Lipinski definition) is 2. The number of para-hydroxylation sites is 2. The molecule has 0 aliphatic carbocycles. The highest BCUT2D eigenvalue weighted by Gasteiger charge is 2.39. The smallest absolute Gasteiger partial charge is 0.290 e.